The summed E-state index contributed by atoms with van der Waals surface area (Å²) in [5.74, 6) is -0.742. The molecule has 0 aliphatic heterocycles. The van der Waals surface area contributed by atoms with Crippen molar-refractivity contribution in [3.8, 4) is 6.01 Å². The van der Waals surface area contributed by atoms with Crippen LogP contribution in [0.5, 0.6) is 6.01 Å². The van der Waals surface area contributed by atoms with Crippen molar-refractivity contribution < 1.29 is 9.13 Å². The second-order valence-electron chi connectivity index (χ2n) is 3.01. The first-order valence-corrected chi connectivity index (χ1v) is 5.64. The second kappa shape index (κ2) is 5.44. The lowest BCUT2D eigenvalue weighted by Gasteiger charge is -1.98. The molecular formula is C10H9FN4OS. The number of aromatic nitrogens is 2. The van der Waals surface area contributed by atoms with Gasteiger partial charge in [-0.2, -0.15) is 10.1 Å². The minimum absolute atomic E-state index is 0.0662. The molecule has 0 spiro atoms. The van der Waals surface area contributed by atoms with Gasteiger partial charge in [-0.25, -0.2) is 9.37 Å². The predicted molar refractivity (Wildman–Crippen MR) is 61.1 cm³/mol. The van der Waals surface area contributed by atoms with Gasteiger partial charge in [0.1, 0.15) is 0 Å². The van der Waals surface area contributed by atoms with Gasteiger partial charge in [0.15, 0.2) is 5.82 Å². The molecule has 5 nitrogen and oxygen atoms in total. The molecule has 17 heavy (non-hydrogen) atoms. The summed E-state index contributed by atoms with van der Waals surface area (Å²) in [6.45, 7) is 0.406. The Kier molecular flexibility index (Phi) is 3.71. The average molecular weight is 252 g/mol. The highest BCUT2D eigenvalue weighted by atomic mass is 32.1. The summed E-state index contributed by atoms with van der Waals surface area (Å²) in [4.78, 5) is 8.40. The minimum atomic E-state index is -0.624. The van der Waals surface area contributed by atoms with E-state index in [1.165, 1.54) is 7.11 Å². The van der Waals surface area contributed by atoms with Crippen LogP contribution >= 0.6 is 11.3 Å². The predicted octanol–water partition coefficient (Wildman–Crippen LogP) is 2.97. The van der Waals surface area contributed by atoms with E-state index in [0.29, 0.717) is 6.54 Å². The van der Waals surface area contributed by atoms with Crippen molar-refractivity contribution in [2.24, 2.45) is 10.2 Å². The van der Waals surface area contributed by atoms with E-state index in [4.69, 9.17) is 4.74 Å². The number of nitrogens with zero attached hydrogens (tertiary/aromatic N) is 4. The molecule has 2 aromatic heterocycles. The molecule has 2 rings (SSSR count). The van der Waals surface area contributed by atoms with Gasteiger partial charge < -0.3 is 4.74 Å². The highest BCUT2D eigenvalue weighted by Crippen LogP contribution is 2.17. The summed E-state index contributed by atoms with van der Waals surface area (Å²) in [6, 6.07) is 3.92. The Hall–Kier alpha value is -1.89. The van der Waals surface area contributed by atoms with Crippen LogP contribution in [0.4, 0.5) is 10.2 Å². The molecule has 0 amide bonds. The van der Waals surface area contributed by atoms with Gasteiger partial charge in [-0.05, 0) is 11.4 Å². The molecule has 88 valence electrons. The Balaban J connectivity index is 2.09. The Morgan fingerprint density at radius 1 is 1.53 bits per heavy atom. The van der Waals surface area contributed by atoms with Crippen LogP contribution in [0.25, 0.3) is 0 Å². The van der Waals surface area contributed by atoms with Crippen LogP contribution in [0, 0.1) is 5.82 Å². The summed E-state index contributed by atoms with van der Waals surface area (Å²) in [7, 11) is 1.40. The third-order valence-corrected chi connectivity index (χ3v) is 2.72. The number of ether oxygens (including phenoxy) is 1. The number of methoxy groups -OCH3 is 1. The first-order chi connectivity index (χ1) is 8.29. The van der Waals surface area contributed by atoms with Crippen LogP contribution in [0.15, 0.2) is 33.9 Å². The van der Waals surface area contributed by atoms with Crippen molar-refractivity contribution in [1.82, 2.24) is 9.97 Å². The molecule has 0 N–H and O–H groups in total. The topological polar surface area (TPSA) is 59.7 Å². The first-order valence-electron chi connectivity index (χ1n) is 4.76. The van der Waals surface area contributed by atoms with Crippen molar-refractivity contribution in [3.05, 3.63) is 34.4 Å². The molecule has 0 radical (unpaired) electrons. The maximum atomic E-state index is 13.2. The molecule has 2 aromatic rings. The third-order valence-electron chi connectivity index (χ3n) is 1.86. The number of halogens is 1. The van der Waals surface area contributed by atoms with Gasteiger partial charge in [0.2, 0.25) is 5.82 Å². The Labute approximate surface area is 101 Å². The highest BCUT2D eigenvalue weighted by Gasteiger charge is 2.05. The molecule has 0 aliphatic carbocycles. The monoisotopic (exact) mass is 252 g/mol. The summed E-state index contributed by atoms with van der Waals surface area (Å²) < 4.78 is 18.0. The fourth-order valence-corrected chi connectivity index (χ4v) is 1.71. The lowest BCUT2D eigenvalue weighted by Crippen LogP contribution is -1.92. The number of rotatable bonds is 4. The van der Waals surface area contributed by atoms with E-state index in [1.807, 2.05) is 17.5 Å². The molecule has 0 unspecified atom stereocenters. The van der Waals surface area contributed by atoms with Crippen LogP contribution in [0.2, 0.25) is 0 Å². The Morgan fingerprint density at radius 2 is 2.41 bits per heavy atom. The van der Waals surface area contributed by atoms with E-state index < -0.39 is 5.82 Å². The lowest BCUT2D eigenvalue weighted by atomic mass is 10.5. The van der Waals surface area contributed by atoms with Crippen molar-refractivity contribution >= 4 is 17.2 Å². The fraction of sp³-hybridized carbons (Fsp3) is 0.200. The van der Waals surface area contributed by atoms with E-state index in [9.17, 15) is 4.39 Å². The van der Waals surface area contributed by atoms with Crippen molar-refractivity contribution in [1.29, 1.82) is 0 Å². The summed E-state index contributed by atoms with van der Waals surface area (Å²) >= 11 is 1.56. The highest BCUT2D eigenvalue weighted by molar-refractivity contribution is 7.09. The number of azo groups is 1. The SMILES string of the molecule is COc1ncc(F)c(N=NCc2cccs2)n1. The molecule has 0 saturated carbocycles. The van der Waals surface area contributed by atoms with Crippen LogP contribution in [0.1, 0.15) is 4.88 Å². The zero-order chi connectivity index (χ0) is 12.1. The average Bonchev–Trinajstić information content (AvgIpc) is 2.84. The largest absolute Gasteiger partial charge is 0.467 e. The van der Waals surface area contributed by atoms with E-state index in [1.54, 1.807) is 11.3 Å². The van der Waals surface area contributed by atoms with Gasteiger partial charge in [0.05, 0.1) is 19.9 Å². The Bertz CT molecular complexity index is 515. The maximum Gasteiger partial charge on any atom is 0.318 e. The molecular weight excluding hydrogens is 243 g/mol. The van der Waals surface area contributed by atoms with Crippen LogP contribution in [-0.2, 0) is 6.54 Å². The number of hydrogen-bond donors (Lipinski definition) is 0. The molecule has 7 heteroatoms. The first kappa shape index (κ1) is 11.6. The van der Waals surface area contributed by atoms with Gasteiger partial charge in [0.25, 0.3) is 0 Å². The summed E-state index contributed by atoms with van der Waals surface area (Å²) in [6.07, 6.45) is 1.01. The van der Waals surface area contributed by atoms with E-state index in [0.717, 1.165) is 11.1 Å². The normalized spacial score (nSPS) is 10.9. The fourth-order valence-electron chi connectivity index (χ4n) is 1.09. The number of thiophene rings is 1. The molecule has 0 aliphatic rings. The third kappa shape index (κ3) is 3.04. The molecule has 0 fully saturated rings. The van der Waals surface area contributed by atoms with Gasteiger partial charge in [0, 0.05) is 4.88 Å². The van der Waals surface area contributed by atoms with Crippen molar-refractivity contribution in [3.63, 3.8) is 0 Å². The van der Waals surface area contributed by atoms with Crippen molar-refractivity contribution in [2.75, 3.05) is 7.11 Å². The zero-order valence-corrected chi connectivity index (χ0v) is 9.82. The van der Waals surface area contributed by atoms with E-state index in [2.05, 4.69) is 20.2 Å². The van der Waals surface area contributed by atoms with E-state index in [-0.39, 0.29) is 11.8 Å². The van der Waals surface area contributed by atoms with Gasteiger partial charge in [-0.15, -0.1) is 16.5 Å². The Morgan fingerprint density at radius 3 is 3.12 bits per heavy atom. The summed E-state index contributed by atoms with van der Waals surface area (Å²) in [5.41, 5.74) is 0. The molecule has 0 aromatic carbocycles. The van der Waals surface area contributed by atoms with Gasteiger partial charge in [-0.3, -0.25) is 0 Å². The molecule has 0 bridgehead atoms. The quantitative estimate of drug-likeness (QED) is 0.786. The molecule has 2 heterocycles. The smallest absolute Gasteiger partial charge is 0.318 e. The number of hydrogen-bond acceptors (Lipinski definition) is 6. The molecule has 0 atom stereocenters. The van der Waals surface area contributed by atoms with Crippen LogP contribution in [-0.4, -0.2) is 17.1 Å². The van der Waals surface area contributed by atoms with Gasteiger partial charge in [-0.1, -0.05) is 6.07 Å². The maximum absolute atomic E-state index is 13.2. The van der Waals surface area contributed by atoms with Crippen LogP contribution < -0.4 is 4.74 Å². The minimum Gasteiger partial charge on any atom is -0.467 e. The van der Waals surface area contributed by atoms with E-state index >= 15 is 0 Å². The molecule has 0 saturated heterocycles. The van der Waals surface area contributed by atoms with Crippen LogP contribution in [0.3, 0.4) is 0 Å². The zero-order valence-electron chi connectivity index (χ0n) is 9.00. The lowest BCUT2D eigenvalue weighted by molar-refractivity contribution is 0.377. The van der Waals surface area contributed by atoms with Gasteiger partial charge >= 0.3 is 6.01 Å². The standard InChI is InChI=1S/C10H9FN4OS/c1-16-10-12-6-8(11)9(14-10)15-13-5-7-3-2-4-17-7/h2-4,6H,5H2,1H3. The second-order valence-corrected chi connectivity index (χ2v) is 4.04. The van der Waals surface area contributed by atoms with Crippen molar-refractivity contribution in [2.45, 2.75) is 6.54 Å². The summed E-state index contributed by atoms with van der Waals surface area (Å²) in [5, 5.41) is 9.53.